The molecule has 0 saturated carbocycles. The summed E-state index contributed by atoms with van der Waals surface area (Å²) in [7, 11) is -2.14. The number of ether oxygens (including phenoxy) is 1. The van der Waals surface area contributed by atoms with Gasteiger partial charge in [0, 0.05) is 19.3 Å². The number of hydrogen-bond acceptors (Lipinski definition) is 7. The van der Waals surface area contributed by atoms with Gasteiger partial charge in [-0.15, -0.1) is 0 Å². The van der Waals surface area contributed by atoms with Crippen LogP contribution in [0.3, 0.4) is 0 Å². The number of aromatic nitrogens is 4. The molecule has 0 aliphatic heterocycles. The highest BCUT2D eigenvalue weighted by atomic mass is 32.2. The van der Waals surface area contributed by atoms with Gasteiger partial charge in [0.25, 0.3) is 5.91 Å². The fourth-order valence-corrected chi connectivity index (χ4v) is 5.16. The van der Waals surface area contributed by atoms with Crippen LogP contribution < -0.4 is 10.1 Å². The quantitative estimate of drug-likeness (QED) is 0.362. The minimum Gasteiger partial charge on any atom is -0.490 e. The fraction of sp³-hybridized carbons (Fsp3) is 0.346. The minimum absolute atomic E-state index is 0.0224. The van der Waals surface area contributed by atoms with Gasteiger partial charge in [-0.05, 0) is 39.3 Å². The van der Waals surface area contributed by atoms with Gasteiger partial charge in [0.1, 0.15) is 34.3 Å². The highest BCUT2D eigenvalue weighted by Gasteiger charge is 2.34. The summed E-state index contributed by atoms with van der Waals surface area (Å²) in [5, 5.41) is 16.7. The number of pyridine rings is 1. The second-order valence-electron chi connectivity index (χ2n) is 9.71. The van der Waals surface area contributed by atoms with E-state index in [0.29, 0.717) is 22.7 Å². The van der Waals surface area contributed by atoms with E-state index in [9.17, 15) is 18.3 Å². The zero-order chi connectivity index (χ0) is 27.0. The number of aliphatic hydroxyl groups is 1. The first-order chi connectivity index (χ1) is 17.4. The van der Waals surface area contributed by atoms with E-state index in [2.05, 4.69) is 15.4 Å². The molecule has 0 unspecified atom stereocenters. The first-order valence-corrected chi connectivity index (χ1v) is 13.3. The molecule has 4 rings (SSSR count). The third-order valence-electron chi connectivity index (χ3n) is 6.04. The molecule has 0 saturated heterocycles. The number of hydrogen-bond donors (Lipinski definition) is 2. The molecule has 3 heterocycles. The summed E-state index contributed by atoms with van der Waals surface area (Å²) >= 11 is 0. The maximum Gasteiger partial charge on any atom is 0.270 e. The maximum atomic E-state index is 13.4. The maximum absolute atomic E-state index is 13.4. The van der Waals surface area contributed by atoms with Crippen LogP contribution in [0.4, 0.5) is 0 Å². The van der Waals surface area contributed by atoms with Crippen molar-refractivity contribution in [1.82, 2.24) is 24.5 Å². The van der Waals surface area contributed by atoms with Crippen molar-refractivity contribution in [2.45, 2.75) is 43.4 Å². The van der Waals surface area contributed by atoms with Crippen molar-refractivity contribution >= 4 is 21.4 Å². The van der Waals surface area contributed by atoms with Crippen molar-refractivity contribution in [1.29, 1.82) is 0 Å². The molecule has 0 bridgehead atoms. The van der Waals surface area contributed by atoms with Crippen LogP contribution in [-0.2, 0) is 16.9 Å². The van der Waals surface area contributed by atoms with Gasteiger partial charge < -0.3 is 15.2 Å². The largest absolute Gasteiger partial charge is 0.490 e. The Morgan fingerprint density at radius 2 is 1.89 bits per heavy atom. The Bertz CT molecular complexity index is 1530. The second kappa shape index (κ2) is 9.98. The molecule has 10 nitrogen and oxygen atoms in total. The van der Waals surface area contributed by atoms with E-state index < -0.39 is 14.6 Å². The van der Waals surface area contributed by atoms with Gasteiger partial charge in [0.05, 0.1) is 29.3 Å². The number of imidazole rings is 1. The van der Waals surface area contributed by atoms with Crippen molar-refractivity contribution in [2.24, 2.45) is 7.05 Å². The lowest BCUT2D eigenvalue weighted by Gasteiger charge is -2.21. The monoisotopic (exact) mass is 525 g/mol. The van der Waals surface area contributed by atoms with Crippen LogP contribution in [0.1, 0.15) is 49.8 Å². The molecule has 0 radical (unpaired) electrons. The van der Waals surface area contributed by atoms with E-state index in [1.165, 1.54) is 16.9 Å². The van der Waals surface area contributed by atoms with Crippen molar-refractivity contribution < 1.29 is 23.1 Å². The zero-order valence-electron chi connectivity index (χ0n) is 21.5. The number of carbonyl (C=O) groups excluding carboxylic acids is 1. The number of carbonyl (C=O) groups is 1. The van der Waals surface area contributed by atoms with Crippen LogP contribution in [0.15, 0.2) is 59.8 Å². The lowest BCUT2D eigenvalue weighted by molar-refractivity contribution is 0.0930. The molecule has 0 spiro atoms. The standard InChI is InChI=1S/C26H31N5O5S/c1-17(18-9-7-6-8-10-18)28-25(33)20-13-19(29-30(20)5)21-15-27-24-14-22(36-12-11-32)23(16-31(21)24)37(34,35)26(2,3)4/h6-10,13-17,32H,11-12H2,1-5H3,(H,28,33)/t17-/m1/s1. The summed E-state index contributed by atoms with van der Waals surface area (Å²) in [4.78, 5) is 17.4. The highest BCUT2D eigenvalue weighted by Crippen LogP contribution is 2.34. The molecule has 0 aliphatic rings. The van der Waals surface area contributed by atoms with Crippen molar-refractivity contribution in [3.8, 4) is 17.1 Å². The summed E-state index contributed by atoms with van der Waals surface area (Å²) < 4.78 is 34.3. The molecular weight excluding hydrogens is 494 g/mol. The Balaban J connectivity index is 1.74. The van der Waals surface area contributed by atoms with Crippen LogP contribution in [0.2, 0.25) is 0 Å². The topological polar surface area (TPSA) is 128 Å². The average Bonchev–Trinajstić information content (AvgIpc) is 3.44. The van der Waals surface area contributed by atoms with Crippen molar-refractivity contribution in [3.63, 3.8) is 0 Å². The second-order valence-corrected chi connectivity index (χ2v) is 12.4. The van der Waals surface area contributed by atoms with E-state index in [0.717, 1.165) is 5.56 Å². The SMILES string of the molecule is C[C@@H](NC(=O)c1cc(-c2cnc3cc(OCCO)c(S(=O)(=O)C(C)(C)C)cn23)nn1C)c1ccccc1. The Labute approximate surface area is 215 Å². The Morgan fingerprint density at radius 1 is 1.19 bits per heavy atom. The highest BCUT2D eigenvalue weighted by molar-refractivity contribution is 7.92. The number of aryl methyl sites for hydroxylation is 1. The Kier molecular flexibility index (Phi) is 7.11. The number of aliphatic hydroxyl groups excluding tert-OH is 1. The summed E-state index contributed by atoms with van der Waals surface area (Å²) in [6, 6.07) is 12.6. The molecule has 4 aromatic rings. The Hall–Kier alpha value is -3.70. The van der Waals surface area contributed by atoms with Crippen LogP contribution in [0, 0.1) is 0 Å². The average molecular weight is 526 g/mol. The van der Waals surface area contributed by atoms with Crippen LogP contribution in [-0.4, -0.2) is 56.6 Å². The summed E-state index contributed by atoms with van der Waals surface area (Å²) in [6.07, 6.45) is 3.02. The van der Waals surface area contributed by atoms with E-state index in [1.807, 2.05) is 37.3 Å². The van der Waals surface area contributed by atoms with Gasteiger partial charge in [-0.25, -0.2) is 13.4 Å². The third kappa shape index (κ3) is 5.09. The van der Waals surface area contributed by atoms with Gasteiger partial charge in [-0.1, -0.05) is 30.3 Å². The zero-order valence-corrected chi connectivity index (χ0v) is 22.3. The Morgan fingerprint density at radius 3 is 2.54 bits per heavy atom. The number of rotatable bonds is 8. The first-order valence-electron chi connectivity index (χ1n) is 11.8. The molecule has 1 aromatic carbocycles. The molecule has 1 amide bonds. The van der Waals surface area contributed by atoms with Gasteiger partial charge in [0.15, 0.2) is 9.84 Å². The predicted octanol–water partition coefficient (Wildman–Crippen LogP) is 3.17. The normalized spacial score (nSPS) is 13.0. The van der Waals surface area contributed by atoms with Crippen molar-refractivity contribution in [3.05, 3.63) is 66.1 Å². The van der Waals surface area contributed by atoms with Gasteiger partial charge in [0.2, 0.25) is 0 Å². The van der Waals surface area contributed by atoms with E-state index >= 15 is 0 Å². The van der Waals surface area contributed by atoms with E-state index in [1.54, 1.807) is 44.5 Å². The number of amides is 1. The lowest BCUT2D eigenvalue weighted by atomic mass is 10.1. The van der Waals surface area contributed by atoms with Crippen LogP contribution in [0.5, 0.6) is 5.75 Å². The molecule has 11 heteroatoms. The summed E-state index contributed by atoms with van der Waals surface area (Å²) in [5.74, 6) is -0.174. The molecule has 37 heavy (non-hydrogen) atoms. The van der Waals surface area contributed by atoms with Gasteiger partial charge in [-0.3, -0.25) is 13.9 Å². The van der Waals surface area contributed by atoms with Gasteiger partial charge >= 0.3 is 0 Å². The molecule has 3 aromatic heterocycles. The van der Waals surface area contributed by atoms with Gasteiger partial charge in [-0.2, -0.15) is 5.10 Å². The number of nitrogens with one attached hydrogen (secondary N) is 1. The molecule has 1 atom stereocenters. The number of fused-ring (bicyclic) bond motifs is 1. The smallest absolute Gasteiger partial charge is 0.270 e. The fourth-order valence-electron chi connectivity index (χ4n) is 3.88. The van der Waals surface area contributed by atoms with Crippen molar-refractivity contribution in [2.75, 3.05) is 13.2 Å². The molecular formula is C26H31N5O5S. The summed E-state index contributed by atoms with van der Waals surface area (Å²) in [5.41, 5.74) is 2.73. The molecule has 0 aliphatic carbocycles. The van der Waals surface area contributed by atoms with E-state index in [-0.39, 0.29) is 35.8 Å². The first kappa shape index (κ1) is 26.4. The predicted molar refractivity (Wildman–Crippen MR) is 139 cm³/mol. The number of nitrogens with zero attached hydrogens (tertiary/aromatic N) is 4. The summed E-state index contributed by atoms with van der Waals surface area (Å²) in [6.45, 7) is 6.41. The molecule has 196 valence electrons. The molecule has 2 N–H and O–H groups in total. The van der Waals surface area contributed by atoms with Crippen LogP contribution in [0.25, 0.3) is 17.0 Å². The van der Waals surface area contributed by atoms with E-state index in [4.69, 9.17) is 4.74 Å². The molecule has 0 fully saturated rings. The minimum atomic E-state index is -3.81. The lowest BCUT2D eigenvalue weighted by Crippen LogP contribution is -2.28. The van der Waals surface area contributed by atoms with Crippen LogP contribution >= 0.6 is 0 Å². The third-order valence-corrected chi connectivity index (χ3v) is 8.54. The number of benzene rings is 1. The number of sulfone groups is 1.